The summed E-state index contributed by atoms with van der Waals surface area (Å²) in [5, 5.41) is 6.22. The Morgan fingerprint density at radius 3 is 2.93 bits per heavy atom. The van der Waals surface area contributed by atoms with Gasteiger partial charge in [0.1, 0.15) is 11.5 Å². The number of amides is 2. The van der Waals surface area contributed by atoms with Gasteiger partial charge in [0.25, 0.3) is 0 Å². The van der Waals surface area contributed by atoms with Crippen LogP contribution in [-0.4, -0.2) is 36.6 Å². The summed E-state index contributed by atoms with van der Waals surface area (Å²) in [5.41, 5.74) is 1.29. The Morgan fingerprint density at radius 2 is 2.15 bits per heavy atom. The molecular weight excluding hydrogens is 338 g/mol. The molecule has 3 rings (SSSR count). The smallest absolute Gasteiger partial charge is 0.315 e. The van der Waals surface area contributed by atoms with Crippen molar-refractivity contribution in [2.24, 2.45) is 5.41 Å². The van der Waals surface area contributed by atoms with Crippen LogP contribution < -0.4 is 10.6 Å². The lowest BCUT2D eigenvalue weighted by Gasteiger charge is -2.34. The van der Waals surface area contributed by atoms with Gasteiger partial charge >= 0.3 is 6.03 Å². The number of unbranched alkanes of at least 4 members (excludes halogenated alkanes) is 1. The van der Waals surface area contributed by atoms with E-state index in [9.17, 15) is 4.79 Å². The third-order valence-electron chi connectivity index (χ3n) is 6.14. The quantitative estimate of drug-likeness (QED) is 0.717. The normalized spacial score (nSPS) is 25.0. The molecule has 0 saturated carbocycles. The van der Waals surface area contributed by atoms with Crippen molar-refractivity contribution in [1.82, 2.24) is 15.5 Å². The van der Waals surface area contributed by atoms with Gasteiger partial charge in [0.05, 0.1) is 6.04 Å². The average Bonchev–Trinajstić information content (AvgIpc) is 2.95. The van der Waals surface area contributed by atoms with E-state index in [0.717, 1.165) is 61.9 Å². The van der Waals surface area contributed by atoms with Gasteiger partial charge in [0, 0.05) is 24.6 Å². The number of hydrogen-bond acceptors (Lipinski definition) is 3. The van der Waals surface area contributed by atoms with Crippen molar-refractivity contribution in [2.75, 3.05) is 19.6 Å². The zero-order valence-electron chi connectivity index (χ0n) is 17.6. The maximum atomic E-state index is 12.4. The fraction of sp³-hybridized carbons (Fsp3) is 0.773. The number of piperidine rings is 1. The minimum absolute atomic E-state index is 0.0374. The van der Waals surface area contributed by atoms with Crippen molar-refractivity contribution in [3.8, 4) is 0 Å². The second-order valence-corrected chi connectivity index (χ2v) is 9.32. The van der Waals surface area contributed by atoms with Gasteiger partial charge in [-0.1, -0.05) is 20.3 Å². The van der Waals surface area contributed by atoms with Gasteiger partial charge in [-0.25, -0.2) is 4.79 Å². The highest BCUT2D eigenvalue weighted by Crippen LogP contribution is 2.41. The van der Waals surface area contributed by atoms with E-state index < -0.39 is 0 Å². The first kappa shape index (κ1) is 20.2. The van der Waals surface area contributed by atoms with Gasteiger partial charge in [-0.3, -0.25) is 0 Å². The molecule has 5 nitrogen and oxygen atoms in total. The third-order valence-corrected chi connectivity index (χ3v) is 6.14. The fourth-order valence-electron chi connectivity index (χ4n) is 4.65. The minimum Gasteiger partial charge on any atom is -0.466 e. The first-order valence-electron chi connectivity index (χ1n) is 10.7. The van der Waals surface area contributed by atoms with Gasteiger partial charge in [-0.15, -0.1) is 0 Å². The maximum absolute atomic E-state index is 12.4. The van der Waals surface area contributed by atoms with Crippen LogP contribution in [0.5, 0.6) is 0 Å². The molecule has 27 heavy (non-hydrogen) atoms. The van der Waals surface area contributed by atoms with Gasteiger partial charge in [0.15, 0.2) is 0 Å². The van der Waals surface area contributed by atoms with Crippen LogP contribution >= 0.6 is 0 Å². The third kappa shape index (κ3) is 5.50. The molecule has 2 N–H and O–H groups in total. The molecule has 2 amide bonds. The van der Waals surface area contributed by atoms with Crippen LogP contribution in [0.3, 0.4) is 0 Å². The standard InChI is InChI=1S/C22H37N3O2/c1-16-9-5-7-11-25(16)12-8-6-10-23-21(26)24-19-14-22(3,4)15-20-18(19)13-17(2)27-20/h13,16,19H,5-12,14-15H2,1-4H3,(H2,23,24,26). The van der Waals surface area contributed by atoms with E-state index in [0.29, 0.717) is 0 Å². The summed E-state index contributed by atoms with van der Waals surface area (Å²) in [5.74, 6) is 1.96. The summed E-state index contributed by atoms with van der Waals surface area (Å²) in [6.45, 7) is 11.9. The number of nitrogens with zero attached hydrogens (tertiary/aromatic N) is 1. The molecule has 1 fully saturated rings. The van der Waals surface area contributed by atoms with Crippen LogP contribution in [0.4, 0.5) is 4.79 Å². The van der Waals surface area contributed by atoms with Crippen molar-refractivity contribution < 1.29 is 9.21 Å². The van der Waals surface area contributed by atoms with Gasteiger partial charge in [-0.05, 0) is 70.5 Å². The zero-order valence-corrected chi connectivity index (χ0v) is 17.6. The number of furan rings is 1. The average molecular weight is 376 g/mol. The first-order chi connectivity index (χ1) is 12.8. The number of likely N-dealkylation sites (tertiary alicyclic amines) is 1. The molecule has 1 aliphatic heterocycles. The molecule has 1 aromatic heterocycles. The van der Waals surface area contributed by atoms with E-state index in [1.54, 1.807) is 0 Å². The molecule has 1 saturated heterocycles. The molecule has 1 aromatic rings. The van der Waals surface area contributed by atoms with E-state index in [1.165, 1.54) is 25.8 Å². The molecule has 2 atom stereocenters. The summed E-state index contributed by atoms with van der Waals surface area (Å²) >= 11 is 0. The summed E-state index contributed by atoms with van der Waals surface area (Å²) < 4.78 is 5.86. The van der Waals surface area contributed by atoms with Crippen LogP contribution in [0.2, 0.25) is 0 Å². The monoisotopic (exact) mass is 375 g/mol. The molecule has 0 aromatic carbocycles. The Labute approximate surface area is 164 Å². The molecule has 2 heterocycles. The molecule has 0 spiro atoms. The highest BCUT2D eigenvalue weighted by molar-refractivity contribution is 5.74. The SMILES string of the molecule is Cc1cc2c(o1)CC(C)(C)CC2NC(=O)NCCCCN1CCCCC1C. The van der Waals surface area contributed by atoms with Gasteiger partial charge in [0.2, 0.25) is 0 Å². The number of rotatable bonds is 6. The van der Waals surface area contributed by atoms with Crippen molar-refractivity contribution in [3.63, 3.8) is 0 Å². The van der Waals surface area contributed by atoms with Crippen LogP contribution in [0.15, 0.2) is 10.5 Å². The number of carbonyl (C=O) groups excluding carboxylic acids is 1. The van der Waals surface area contributed by atoms with Crippen LogP contribution in [0, 0.1) is 12.3 Å². The lowest BCUT2D eigenvalue weighted by molar-refractivity contribution is 0.158. The van der Waals surface area contributed by atoms with E-state index in [2.05, 4.69) is 42.4 Å². The Bertz CT molecular complexity index is 638. The van der Waals surface area contributed by atoms with E-state index in [4.69, 9.17) is 4.42 Å². The van der Waals surface area contributed by atoms with E-state index in [1.807, 2.05) is 6.92 Å². The Hall–Kier alpha value is -1.49. The number of aryl methyl sites for hydroxylation is 1. The number of carbonyl (C=O) groups is 1. The molecule has 2 aliphatic rings. The fourth-order valence-corrected chi connectivity index (χ4v) is 4.65. The lowest BCUT2D eigenvalue weighted by Crippen LogP contribution is -2.42. The van der Waals surface area contributed by atoms with Gasteiger partial charge in [-0.2, -0.15) is 0 Å². The topological polar surface area (TPSA) is 57.5 Å². The van der Waals surface area contributed by atoms with Crippen LogP contribution in [0.25, 0.3) is 0 Å². The molecule has 5 heteroatoms. The van der Waals surface area contributed by atoms with Crippen LogP contribution in [-0.2, 0) is 6.42 Å². The lowest BCUT2D eigenvalue weighted by atomic mass is 9.75. The van der Waals surface area contributed by atoms with Crippen molar-refractivity contribution in [3.05, 3.63) is 23.2 Å². The Balaban J connectivity index is 1.40. The predicted octanol–water partition coefficient (Wildman–Crippen LogP) is 4.56. The summed E-state index contributed by atoms with van der Waals surface area (Å²) in [4.78, 5) is 15.0. The van der Waals surface area contributed by atoms with E-state index in [-0.39, 0.29) is 17.5 Å². The number of fused-ring (bicyclic) bond motifs is 1. The molecule has 2 unspecified atom stereocenters. The second kappa shape index (κ2) is 8.68. The molecule has 1 aliphatic carbocycles. The minimum atomic E-state index is -0.0613. The Morgan fingerprint density at radius 1 is 1.33 bits per heavy atom. The highest BCUT2D eigenvalue weighted by Gasteiger charge is 2.35. The molecular formula is C22H37N3O2. The first-order valence-corrected chi connectivity index (χ1v) is 10.7. The van der Waals surface area contributed by atoms with Crippen molar-refractivity contribution in [1.29, 1.82) is 0 Å². The number of urea groups is 1. The largest absolute Gasteiger partial charge is 0.466 e. The molecule has 0 bridgehead atoms. The zero-order chi connectivity index (χ0) is 19.4. The van der Waals surface area contributed by atoms with Crippen LogP contribution in [0.1, 0.15) is 82.4 Å². The number of hydrogen-bond donors (Lipinski definition) is 2. The molecule has 0 radical (unpaired) electrons. The summed E-state index contributed by atoms with van der Waals surface area (Å²) in [6.07, 6.45) is 8.08. The second-order valence-electron chi connectivity index (χ2n) is 9.32. The highest BCUT2D eigenvalue weighted by atomic mass is 16.3. The maximum Gasteiger partial charge on any atom is 0.315 e. The summed E-state index contributed by atoms with van der Waals surface area (Å²) in [6, 6.07) is 2.77. The Kier molecular flexibility index (Phi) is 6.51. The van der Waals surface area contributed by atoms with Crippen molar-refractivity contribution in [2.45, 2.75) is 84.7 Å². The predicted molar refractivity (Wildman–Crippen MR) is 109 cm³/mol. The van der Waals surface area contributed by atoms with Crippen molar-refractivity contribution >= 4 is 6.03 Å². The summed E-state index contributed by atoms with van der Waals surface area (Å²) in [7, 11) is 0. The number of nitrogens with one attached hydrogen (secondary N) is 2. The van der Waals surface area contributed by atoms with E-state index >= 15 is 0 Å². The van der Waals surface area contributed by atoms with Gasteiger partial charge < -0.3 is 20.0 Å². The molecule has 152 valence electrons.